The predicted octanol–water partition coefficient (Wildman–Crippen LogP) is 2.68. The van der Waals surface area contributed by atoms with Crippen LogP contribution in [0.25, 0.3) is 0 Å². The number of aromatic carboxylic acids is 1. The van der Waals surface area contributed by atoms with E-state index in [1.807, 2.05) is 26.0 Å². The Kier molecular flexibility index (Phi) is 3.66. The number of carbonyl (C=O) groups is 1. The number of nitrogens with zero attached hydrogens (tertiary/aromatic N) is 2. The van der Waals surface area contributed by atoms with Gasteiger partial charge in [-0.2, -0.15) is 0 Å². The van der Waals surface area contributed by atoms with Crippen LogP contribution < -0.4 is 0 Å². The van der Waals surface area contributed by atoms with Gasteiger partial charge in [0.15, 0.2) is 5.69 Å². The van der Waals surface area contributed by atoms with E-state index in [1.54, 1.807) is 0 Å². The summed E-state index contributed by atoms with van der Waals surface area (Å²) in [6.45, 7) is 3.95. The lowest BCUT2D eigenvalue weighted by Crippen LogP contribution is -1.94. The molecule has 0 bridgehead atoms. The molecule has 2 aromatic rings. The molecular formula is C12H12N2O3S. The Morgan fingerprint density at radius 2 is 2.17 bits per heavy atom. The maximum atomic E-state index is 10.6. The molecule has 94 valence electrons. The van der Waals surface area contributed by atoms with Gasteiger partial charge < -0.3 is 9.63 Å². The quantitative estimate of drug-likeness (QED) is 0.855. The van der Waals surface area contributed by atoms with Gasteiger partial charge in [-0.15, -0.1) is 0 Å². The van der Waals surface area contributed by atoms with Gasteiger partial charge in [0.1, 0.15) is 5.76 Å². The zero-order valence-corrected chi connectivity index (χ0v) is 10.8. The van der Waals surface area contributed by atoms with Crippen LogP contribution in [0.4, 0.5) is 0 Å². The van der Waals surface area contributed by atoms with Crippen LogP contribution in [0.1, 0.15) is 27.5 Å². The molecule has 0 amide bonds. The maximum absolute atomic E-state index is 10.6. The number of hydrogen-bond donors (Lipinski definition) is 1. The fourth-order valence-corrected chi connectivity index (χ4v) is 2.41. The maximum Gasteiger partial charge on any atom is 0.358 e. The number of carboxylic acids is 1. The lowest BCUT2D eigenvalue weighted by atomic mass is 10.3. The van der Waals surface area contributed by atoms with Crippen molar-refractivity contribution in [1.29, 1.82) is 0 Å². The standard InChI is InChI=1S/C12H12N2O3S/c1-7-3-8(2)13-11(4-7)18-6-9-5-10(12(15)16)14-17-9/h3-5H,6H2,1-2H3,(H,15,16). The highest BCUT2D eigenvalue weighted by molar-refractivity contribution is 7.98. The normalized spacial score (nSPS) is 10.6. The van der Waals surface area contributed by atoms with E-state index in [0.29, 0.717) is 11.5 Å². The van der Waals surface area contributed by atoms with Gasteiger partial charge in [0.05, 0.1) is 10.8 Å². The van der Waals surface area contributed by atoms with Gasteiger partial charge in [0.2, 0.25) is 0 Å². The van der Waals surface area contributed by atoms with Crippen LogP contribution in [0.15, 0.2) is 27.7 Å². The molecule has 18 heavy (non-hydrogen) atoms. The third-order valence-electron chi connectivity index (χ3n) is 2.21. The van der Waals surface area contributed by atoms with Crippen LogP contribution in [-0.2, 0) is 5.75 Å². The van der Waals surface area contributed by atoms with Crippen molar-refractivity contribution >= 4 is 17.7 Å². The molecule has 0 unspecified atom stereocenters. The molecule has 2 heterocycles. The summed E-state index contributed by atoms with van der Waals surface area (Å²) < 4.78 is 4.93. The predicted molar refractivity (Wildman–Crippen MR) is 66.7 cm³/mol. The Morgan fingerprint density at radius 1 is 1.39 bits per heavy atom. The molecular weight excluding hydrogens is 252 g/mol. The molecule has 0 saturated heterocycles. The topological polar surface area (TPSA) is 76.2 Å². The van der Waals surface area contributed by atoms with Gasteiger partial charge >= 0.3 is 5.97 Å². The average molecular weight is 264 g/mol. The number of hydrogen-bond acceptors (Lipinski definition) is 5. The summed E-state index contributed by atoms with van der Waals surface area (Å²) in [6, 6.07) is 5.41. The molecule has 2 rings (SSSR count). The summed E-state index contributed by atoms with van der Waals surface area (Å²) in [5, 5.41) is 13.1. The van der Waals surface area contributed by atoms with E-state index < -0.39 is 5.97 Å². The highest BCUT2D eigenvalue weighted by Gasteiger charge is 2.11. The molecule has 6 heteroatoms. The summed E-state index contributed by atoms with van der Waals surface area (Å²) in [7, 11) is 0. The Morgan fingerprint density at radius 3 is 2.78 bits per heavy atom. The number of aromatic nitrogens is 2. The van der Waals surface area contributed by atoms with Crippen LogP contribution in [-0.4, -0.2) is 21.2 Å². The van der Waals surface area contributed by atoms with Crippen molar-refractivity contribution in [2.75, 3.05) is 0 Å². The second-order valence-corrected chi connectivity index (χ2v) is 4.89. The average Bonchev–Trinajstić information content (AvgIpc) is 2.73. The molecule has 0 fully saturated rings. The minimum absolute atomic E-state index is 0.0704. The number of pyridine rings is 1. The molecule has 5 nitrogen and oxygen atoms in total. The first-order valence-electron chi connectivity index (χ1n) is 5.31. The first kappa shape index (κ1) is 12.6. The zero-order chi connectivity index (χ0) is 13.1. The highest BCUT2D eigenvalue weighted by Crippen LogP contribution is 2.22. The molecule has 1 N–H and O–H groups in total. The SMILES string of the molecule is Cc1cc(C)nc(SCc2cc(C(=O)O)no2)c1. The van der Waals surface area contributed by atoms with Gasteiger partial charge in [-0.25, -0.2) is 9.78 Å². The monoisotopic (exact) mass is 264 g/mol. The number of thioether (sulfide) groups is 1. The van der Waals surface area contributed by atoms with Crippen LogP contribution in [0.5, 0.6) is 0 Å². The summed E-state index contributed by atoms with van der Waals surface area (Å²) >= 11 is 1.49. The van der Waals surface area contributed by atoms with E-state index in [1.165, 1.54) is 17.8 Å². The molecule has 0 radical (unpaired) electrons. The molecule has 0 aliphatic rings. The van der Waals surface area contributed by atoms with E-state index in [4.69, 9.17) is 9.63 Å². The first-order valence-corrected chi connectivity index (χ1v) is 6.30. The van der Waals surface area contributed by atoms with Crippen LogP contribution >= 0.6 is 11.8 Å². The van der Waals surface area contributed by atoms with E-state index in [0.717, 1.165) is 16.3 Å². The highest BCUT2D eigenvalue weighted by atomic mass is 32.2. The van der Waals surface area contributed by atoms with E-state index in [9.17, 15) is 4.79 Å². The Labute approximate surface area is 108 Å². The van der Waals surface area contributed by atoms with Crippen LogP contribution in [0.2, 0.25) is 0 Å². The molecule has 0 atom stereocenters. The molecule has 0 aromatic carbocycles. The van der Waals surface area contributed by atoms with Crippen molar-refractivity contribution in [3.05, 3.63) is 40.9 Å². The van der Waals surface area contributed by atoms with Gasteiger partial charge in [-0.3, -0.25) is 0 Å². The van der Waals surface area contributed by atoms with E-state index in [-0.39, 0.29) is 5.69 Å². The van der Waals surface area contributed by atoms with Crippen molar-refractivity contribution in [1.82, 2.24) is 10.1 Å². The van der Waals surface area contributed by atoms with Gasteiger partial charge in [0.25, 0.3) is 0 Å². The summed E-state index contributed by atoms with van der Waals surface area (Å²) in [5.41, 5.74) is 2.04. The fourth-order valence-electron chi connectivity index (χ4n) is 1.51. The first-order chi connectivity index (χ1) is 8.54. The Balaban J connectivity index is 2.04. The Bertz CT molecular complexity index is 560. The Hall–Kier alpha value is -1.82. The molecule has 2 aromatic heterocycles. The molecule has 0 aliphatic carbocycles. The largest absolute Gasteiger partial charge is 0.476 e. The van der Waals surface area contributed by atoms with E-state index >= 15 is 0 Å². The van der Waals surface area contributed by atoms with Crippen molar-refractivity contribution < 1.29 is 14.4 Å². The molecule has 0 saturated carbocycles. The van der Waals surface area contributed by atoms with Gasteiger partial charge in [-0.1, -0.05) is 16.9 Å². The summed E-state index contributed by atoms with van der Waals surface area (Å²) in [4.78, 5) is 15.0. The fraction of sp³-hybridized carbons (Fsp3) is 0.250. The zero-order valence-electron chi connectivity index (χ0n) is 10.0. The molecule has 0 spiro atoms. The van der Waals surface area contributed by atoms with Crippen molar-refractivity contribution in [2.45, 2.75) is 24.6 Å². The lowest BCUT2D eigenvalue weighted by Gasteiger charge is -2.01. The summed E-state index contributed by atoms with van der Waals surface area (Å²) in [6.07, 6.45) is 0. The van der Waals surface area contributed by atoms with Gasteiger partial charge in [-0.05, 0) is 31.5 Å². The third-order valence-corrected chi connectivity index (χ3v) is 3.15. The minimum atomic E-state index is -1.08. The van der Waals surface area contributed by atoms with Crippen LogP contribution in [0.3, 0.4) is 0 Å². The second kappa shape index (κ2) is 5.22. The van der Waals surface area contributed by atoms with Crippen LogP contribution in [0, 0.1) is 13.8 Å². The smallest absolute Gasteiger partial charge is 0.358 e. The number of carboxylic acid groups (broad SMARTS) is 1. The molecule has 0 aliphatic heterocycles. The second-order valence-electron chi connectivity index (χ2n) is 3.90. The van der Waals surface area contributed by atoms with E-state index in [2.05, 4.69) is 10.1 Å². The third kappa shape index (κ3) is 3.10. The summed E-state index contributed by atoms with van der Waals surface area (Å²) in [5.74, 6) is -0.0474. The van der Waals surface area contributed by atoms with Crippen molar-refractivity contribution in [2.24, 2.45) is 0 Å². The lowest BCUT2D eigenvalue weighted by molar-refractivity contribution is 0.0685. The van der Waals surface area contributed by atoms with Gasteiger partial charge in [0, 0.05) is 11.8 Å². The van der Waals surface area contributed by atoms with Crippen molar-refractivity contribution in [3.63, 3.8) is 0 Å². The van der Waals surface area contributed by atoms with Crippen molar-refractivity contribution in [3.8, 4) is 0 Å². The minimum Gasteiger partial charge on any atom is -0.476 e. The number of rotatable bonds is 4. The number of aryl methyl sites for hydroxylation is 2.